The van der Waals surface area contributed by atoms with Crippen molar-refractivity contribution in [3.05, 3.63) is 24.3 Å². The molecule has 4 heteroatoms. The van der Waals surface area contributed by atoms with Crippen LogP contribution in [0.1, 0.15) is 26.2 Å². The Balaban J connectivity index is 2.12. The molecule has 2 N–H and O–H groups in total. The Labute approximate surface area is 115 Å². The van der Waals surface area contributed by atoms with Gasteiger partial charge in [-0.15, -0.1) is 0 Å². The molecule has 0 atom stereocenters. The van der Waals surface area contributed by atoms with Crippen LogP contribution >= 0.6 is 0 Å². The van der Waals surface area contributed by atoms with Crippen molar-refractivity contribution in [3.63, 3.8) is 0 Å². The molecule has 1 aromatic carbocycles. The fraction of sp³-hybridized carbons (Fsp3) is 0.600. The summed E-state index contributed by atoms with van der Waals surface area (Å²) in [4.78, 5) is 0. The third kappa shape index (κ3) is 7.03. The minimum atomic E-state index is 0.289. The number of hydrogen-bond acceptors (Lipinski definition) is 4. The van der Waals surface area contributed by atoms with Crippen LogP contribution in [-0.2, 0) is 0 Å². The summed E-state index contributed by atoms with van der Waals surface area (Å²) in [6, 6.07) is 7.73. The van der Waals surface area contributed by atoms with Crippen LogP contribution < -0.4 is 14.8 Å². The molecule has 0 aliphatic carbocycles. The van der Waals surface area contributed by atoms with E-state index in [0.29, 0.717) is 13.2 Å². The maximum absolute atomic E-state index is 8.65. The second-order valence-electron chi connectivity index (χ2n) is 4.26. The third-order valence-electron chi connectivity index (χ3n) is 2.70. The van der Waals surface area contributed by atoms with Crippen molar-refractivity contribution in [2.45, 2.75) is 26.2 Å². The molecule has 0 heterocycles. The Hall–Kier alpha value is -1.26. The van der Waals surface area contributed by atoms with E-state index in [1.54, 1.807) is 0 Å². The van der Waals surface area contributed by atoms with Gasteiger partial charge in [0, 0.05) is 13.2 Å². The standard InChI is InChI=1S/C15H25NO3/c1-2-18-14-8-4-5-9-15(14)19-13-11-16-10-6-3-7-12-17/h4-5,8-9,16-17H,2-3,6-7,10-13H2,1H3. The van der Waals surface area contributed by atoms with Crippen molar-refractivity contribution >= 4 is 0 Å². The largest absolute Gasteiger partial charge is 0.490 e. The van der Waals surface area contributed by atoms with Crippen molar-refractivity contribution in [3.8, 4) is 11.5 Å². The van der Waals surface area contributed by atoms with Crippen LogP contribution in [0.5, 0.6) is 11.5 Å². The topological polar surface area (TPSA) is 50.7 Å². The van der Waals surface area contributed by atoms with Crippen molar-refractivity contribution < 1.29 is 14.6 Å². The molecule has 4 nitrogen and oxygen atoms in total. The van der Waals surface area contributed by atoms with Gasteiger partial charge in [-0.3, -0.25) is 0 Å². The minimum absolute atomic E-state index is 0.289. The normalized spacial score (nSPS) is 10.4. The van der Waals surface area contributed by atoms with Crippen molar-refractivity contribution in [1.29, 1.82) is 0 Å². The van der Waals surface area contributed by atoms with E-state index in [-0.39, 0.29) is 6.61 Å². The molecule has 0 radical (unpaired) electrons. The number of unbranched alkanes of at least 4 members (excludes halogenated alkanes) is 2. The van der Waals surface area contributed by atoms with Gasteiger partial charge in [0.15, 0.2) is 11.5 Å². The van der Waals surface area contributed by atoms with Crippen LogP contribution in [-0.4, -0.2) is 38.0 Å². The molecule has 0 aliphatic rings. The molecule has 0 unspecified atom stereocenters. The molecule has 1 rings (SSSR count). The van der Waals surface area contributed by atoms with E-state index in [4.69, 9.17) is 14.6 Å². The van der Waals surface area contributed by atoms with Crippen molar-refractivity contribution in [2.24, 2.45) is 0 Å². The summed E-state index contributed by atoms with van der Waals surface area (Å²) in [7, 11) is 0. The van der Waals surface area contributed by atoms with Crippen LogP contribution in [0.4, 0.5) is 0 Å². The number of aliphatic hydroxyl groups excluding tert-OH is 1. The fourth-order valence-corrected chi connectivity index (χ4v) is 1.74. The number of para-hydroxylation sites is 2. The maximum atomic E-state index is 8.65. The van der Waals surface area contributed by atoms with Gasteiger partial charge in [-0.05, 0) is 44.9 Å². The van der Waals surface area contributed by atoms with Crippen molar-refractivity contribution in [1.82, 2.24) is 5.32 Å². The van der Waals surface area contributed by atoms with E-state index in [2.05, 4.69) is 5.32 Å². The van der Waals surface area contributed by atoms with E-state index in [9.17, 15) is 0 Å². The molecule has 0 spiro atoms. The summed E-state index contributed by atoms with van der Waals surface area (Å²) < 4.78 is 11.2. The lowest BCUT2D eigenvalue weighted by atomic mass is 10.2. The first-order chi connectivity index (χ1) is 9.38. The van der Waals surface area contributed by atoms with E-state index in [0.717, 1.165) is 43.9 Å². The molecular formula is C15H25NO3. The lowest BCUT2D eigenvalue weighted by Gasteiger charge is -2.11. The Morgan fingerprint density at radius 2 is 1.74 bits per heavy atom. The van der Waals surface area contributed by atoms with E-state index >= 15 is 0 Å². The van der Waals surface area contributed by atoms with E-state index in [1.807, 2.05) is 31.2 Å². The van der Waals surface area contributed by atoms with Gasteiger partial charge in [0.25, 0.3) is 0 Å². The molecule has 0 saturated heterocycles. The lowest BCUT2D eigenvalue weighted by molar-refractivity contribution is 0.273. The summed E-state index contributed by atoms with van der Waals surface area (Å²) in [5.74, 6) is 1.60. The predicted octanol–water partition coefficient (Wildman–Crippen LogP) is 2.22. The second kappa shape index (κ2) is 10.6. The van der Waals surface area contributed by atoms with Gasteiger partial charge in [0.2, 0.25) is 0 Å². The average molecular weight is 267 g/mol. The number of rotatable bonds is 11. The SMILES string of the molecule is CCOc1ccccc1OCCNCCCCCO. The number of hydrogen-bond donors (Lipinski definition) is 2. The van der Waals surface area contributed by atoms with Gasteiger partial charge >= 0.3 is 0 Å². The van der Waals surface area contributed by atoms with E-state index in [1.165, 1.54) is 0 Å². The average Bonchev–Trinajstić information content (AvgIpc) is 2.44. The Morgan fingerprint density at radius 3 is 2.42 bits per heavy atom. The number of nitrogens with one attached hydrogen (secondary N) is 1. The molecule has 0 aromatic heterocycles. The van der Waals surface area contributed by atoms with Crippen LogP contribution in [0.15, 0.2) is 24.3 Å². The highest BCUT2D eigenvalue weighted by Crippen LogP contribution is 2.25. The monoisotopic (exact) mass is 267 g/mol. The summed E-state index contributed by atoms with van der Waals surface area (Å²) in [5.41, 5.74) is 0. The van der Waals surface area contributed by atoms with Crippen molar-refractivity contribution in [2.75, 3.05) is 32.9 Å². The summed E-state index contributed by atoms with van der Waals surface area (Å²) in [6.45, 7) is 5.31. The first kappa shape index (κ1) is 15.8. The Bertz CT molecular complexity index is 331. The zero-order chi connectivity index (χ0) is 13.8. The highest BCUT2D eigenvalue weighted by atomic mass is 16.5. The van der Waals surface area contributed by atoms with Gasteiger partial charge in [-0.25, -0.2) is 0 Å². The smallest absolute Gasteiger partial charge is 0.161 e. The molecule has 19 heavy (non-hydrogen) atoms. The Kier molecular flexibility index (Phi) is 8.85. The zero-order valence-corrected chi connectivity index (χ0v) is 11.7. The fourth-order valence-electron chi connectivity index (χ4n) is 1.74. The maximum Gasteiger partial charge on any atom is 0.161 e. The minimum Gasteiger partial charge on any atom is -0.490 e. The van der Waals surface area contributed by atoms with E-state index < -0.39 is 0 Å². The number of aliphatic hydroxyl groups is 1. The first-order valence-electron chi connectivity index (χ1n) is 7.04. The highest BCUT2D eigenvalue weighted by Gasteiger charge is 2.02. The predicted molar refractivity (Wildman–Crippen MR) is 76.9 cm³/mol. The quantitative estimate of drug-likeness (QED) is 0.604. The summed E-state index contributed by atoms with van der Waals surface area (Å²) in [5, 5.41) is 12.0. The van der Waals surface area contributed by atoms with Gasteiger partial charge in [-0.2, -0.15) is 0 Å². The van der Waals surface area contributed by atoms with Crippen LogP contribution in [0, 0.1) is 0 Å². The summed E-state index contributed by atoms with van der Waals surface area (Å²) in [6.07, 6.45) is 3.05. The number of benzene rings is 1. The van der Waals surface area contributed by atoms with Gasteiger partial charge in [0.1, 0.15) is 6.61 Å². The summed E-state index contributed by atoms with van der Waals surface area (Å²) >= 11 is 0. The third-order valence-corrected chi connectivity index (χ3v) is 2.70. The molecule has 108 valence electrons. The second-order valence-corrected chi connectivity index (χ2v) is 4.26. The zero-order valence-electron chi connectivity index (χ0n) is 11.7. The molecule has 0 bridgehead atoms. The first-order valence-corrected chi connectivity index (χ1v) is 7.04. The molecular weight excluding hydrogens is 242 g/mol. The molecule has 0 saturated carbocycles. The van der Waals surface area contributed by atoms with Gasteiger partial charge in [-0.1, -0.05) is 12.1 Å². The lowest BCUT2D eigenvalue weighted by Crippen LogP contribution is -2.22. The van der Waals surface area contributed by atoms with Crippen LogP contribution in [0.3, 0.4) is 0 Å². The number of ether oxygens (including phenoxy) is 2. The molecule has 1 aromatic rings. The van der Waals surface area contributed by atoms with Gasteiger partial charge in [0.05, 0.1) is 6.61 Å². The Morgan fingerprint density at radius 1 is 1.00 bits per heavy atom. The van der Waals surface area contributed by atoms with Crippen LogP contribution in [0.25, 0.3) is 0 Å². The van der Waals surface area contributed by atoms with Crippen LogP contribution in [0.2, 0.25) is 0 Å². The van der Waals surface area contributed by atoms with Gasteiger partial charge < -0.3 is 19.9 Å². The molecule has 0 amide bonds. The highest BCUT2D eigenvalue weighted by molar-refractivity contribution is 5.39. The molecule has 0 aliphatic heterocycles. The molecule has 0 fully saturated rings.